The number of aliphatic carboxylic acids is 1. The van der Waals surface area contributed by atoms with Crippen LogP contribution in [0.2, 0.25) is 0 Å². The number of hydrogen-bond acceptors (Lipinski definition) is 3. The molecule has 1 saturated heterocycles. The largest absolute Gasteiger partial charge is 0.480 e. The van der Waals surface area contributed by atoms with Gasteiger partial charge in [-0.2, -0.15) is 0 Å². The molecular weight excluding hydrogens is 146 g/mol. The molecule has 1 aliphatic rings. The SMILES string of the molecule is N[C@H](C[C@H]1CCOC1)C(=O)O. The van der Waals surface area contributed by atoms with Crippen LogP contribution in [0.15, 0.2) is 0 Å². The molecule has 3 N–H and O–H groups in total. The highest BCUT2D eigenvalue weighted by molar-refractivity contribution is 5.73. The topological polar surface area (TPSA) is 72.5 Å². The van der Waals surface area contributed by atoms with Crippen molar-refractivity contribution in [3.8, 4) is 0 Å². The molecule has 0 aromatic carbocycles. The van der Waals surface area contributed by atoms with E-state index in [-0.39, 0.29) is 0 Å². The number of rotatable bonds is 3. The van der Waals surface area contributed by atoms with Gasteiger partial charge in [0.25, 0.3) is 0 Å². The summed E-state index contributed by atoms with van der Waals surface area (Å²) in [7, 11) is 0. The summed E-state index contributed by atoms with van der Waals surface area (Å²) in [5.74, 6) is -0.571. The zero-order valence-electron chi connectivity index (χ0n) is 6.32. The van der Waals surface area contributed by atoms with Crippen molar-refractivity contribution in [3.63, 3.8) is 0 Å². The van der Waals surface area contributed by atoms with Gasteiger partial charge in [0.2, 0.25) is 0 Å². The lowest BCUT2D eigenvalue weighted by molar-refractivity contribution is -0.138. The minimum Gasteiger partial charge on any atom is -0.480 e. The highest BCUT2D eigenvalue weighted by Crippen LogP contribution is 2.17. The van der Waals surface area contributed by atoms with Gasteiger partial charge in [-0.15, -0.1) is 0 Å². The van der Waals surface area contributed by atoms with Gasteiger partial charge in [-0.1, -0.05) is 0 Å². The second kappa shape index (κ2) is 3.69. The lowest BCUT2D eigenvalue weighted by atomic mass is 10.00. The fraction of sp³-hybridized carbons (Fsp3) is 0.857. The van der Waals surface area contributed by atoms with E-state index < -0.39 is 12.0 Å². The Kier molecular flexibility index (Phi) is 2.84. The van der Waals surface area contributed by atoms with Crippen molar-refractivity contribution in [2.24, 2.45) is 11.7 Å². The molecule has 0 bridgehead atoms. The summed E-state index contributed by atoms with van der Waals surface area (Å²) in [6, 6.07) is -0.721. The third kappa shape index (κ3) is 2.48. The van der Waals surface area contributed by atoms with Crippen molar-refractivity contribution >= 4 is 5.97 Å². The number of carboxylic acids is 1. The van der Waals surface area contributed by atoms with Crippen LogP contribution in [0.3, 0.4) is 0 Å². The van der Waals surface area contributed by atoms with Crippen LogP contribution in [0, 0.1) is 5.92 Å². The van der Waals surface area contributed by atoms with E-state index in [0.717, 1.165) is 13.0 Å². The Morgan fingerprint density at radius 2 is 2.55 bits per heavy atom. The van der Waals surface area contributed by atoms with Gasteiger partial charge in [0, 0.05) is 13.2 Å². The first kappa shape index (κ1) is 8.49. The van der Waals surface area contributed by atoms with Gasteiger partial charge >= 0.3 is 5.97 Å². The van der Waals surface area contributed by atoms with Gasteiger partial charge in [-0.25, -0.2) is 0 Å². The minimum atomic E-state index is -0.920. The lowest BCUT2D eigenvalue weighted by Gasteiger charge is -2.10. The van der Waals surface area contributed by atoms with E-state index >= 15 is 0 Å². The van der Waals surface area contributed by atoms with Crippen LogP contribution in [-0.2, 0) is 9.53 Å². The molecule has 11 heavy (non-hydrogen) atoms. The maximum absolute atomic E-state index is 10.3. The van der Waals surface area contributed by atoms with E-state index in [9.17, 15) is 4.79 Å². The zero-order valence-corrected chi connectivity index (χ0v) is 6.32. The maximum Gasteiger partial charge on any atom is 0.320 e. The van der Waals surface area contributed by atoms with E-state index in [1.165, 1.54) is 0 Å². The summed E-state index contributed by atoms with van der Waals surface area (Å²) in [5.41, 5.74) is 5.34. The van der Waals surface area contributed by atoms with E-state index in [2.05, 4.69) is 0 Å². The van der Waals surface area contributed by atoms with Crippen LogP contribution in [0.5, 0.6) is 0 Å². The van der Waals surface area contributed by atoms with Gasteiger partial charge in [-0.3, -0.25) is 4.79 Å². The number of carboxylic acid groups (broad SMARTS) is 1. The average Bonchev–Trinajstić information content (AvgIpc) is 2.39. The van der Waals surface area contributed by atoms with Gasteiger partial charge in [-0.05, 0) is 18.8 Å². The molecule has 0 spiro atoms. The Morgan fingerprint density at radius 1 is 1.82 bits per heavy atom. The molecule has 0 aromatic heterocycles. The normalized spacial score (nSPS) is 26.8. The average molecular weight is 159 g/mol. The minimum absolute atomic E-state index is 0.348. The third-order valence-corrected chi connectivity index (χ3v) is 1.93. The van der Waals surface area contributed by atoms with Crippen LogP contribution in [0.1, 0.15) is 12.8 Å². The molecule has 1 heterocycles. The first-order chi connectivity index (χ1) is 5.20. The Labute approximate surface area is 65.3 Å². The van der Waals surface area contributed by atoms with E-state index in [0.29, 0.717) is 18.9 Å². The molecule has 1 aliphatic heterocycles. The zero-order chi connectivity index (χ0) is 8.27. The van der Waals surface area contributed by atoms with Crippen molar-refractivity contribution in [1.29, 1.82) is 0 Å². The summed E-state index contributed by atoms with van der Waals surface area (Å²) in [4.78, 5) is 10.3. The van der Waals surface area contributed by atoms with Crippen LogP contribution >= 0.6 is 0 Å². The summed E-state index contributed by atoms with van der Waals surface area (Å²) >= 11 is 0. The number of nitrogens with two attached hydrogens (primary N) is 1. The second-order valence-electron chi connectivity index (χ2n) is 2.91. The van der Waals surface area contributed by atoms with Gasteiger partial charge < -0.3 is 15.6 Å². The summed E-state index contributed by atoms with van der Waals surface area (Å²) in [5, 5.41) is 8.48. The van der Waals surface area contributed by atoms with E-state index in [1.807, 2.05) is 0 Å². The monoisotopic (exact) mass is 159 g/mol. The van der Waals surface area contributed by atoms with Crippen molar-refractivity contribution in [1.82, 2.24) is 0 Å². The molecule has 4 nitrogen and oxygen atoms in total. The summed E-state index contributed by atoms with van der Waals surface area (Å²) in [6.45, 7) is 1.41. The van der Waals surface area contributed by atoms with Crippen molar-refractivity contribution in [2.75, 3.05) is 13.2 Å². The molecule has 0 aromatic rings. The second-order valence-corrected chi connectivity index (χ2v) is 2.91. The molecule has 1 fully saturated rings. The molecule has 0 saturated carbocycles. The first-order valence-corrected chi connectivity index (χ1v) is 3.76. The van der Waals surface area contributed by atoms with Gasteiger partial charge in [0.15, 0.2) is 0 Å². The van der Waals surface area contributed by atoms with Crippen LogP contribution in [0.25, 0.3) is 0 Å². The molecule has 4 heteroatoms. The molecule has 0 amide bonds. The van der Waals surface area contributed by atoms with E-state index in [4.69, 9.17) is 15.6 Å². The Balaban J connectivity index is 2.23. The molecule has 0 radical (unpaired) electrons. The molecule has 64 valence electrons. The van der Waals surface area contributed by atoms with Crippen LogP contribution in [0.4, 0.5) is 0 Å². The fourth-order valence-electron chi connectivity index (χ4n) is 1.23. The maximum atomic E-state index is 10.3. The quantitative estimate of drug-likeness (QED) is 0.599. The standard InChI is InChI=1S/C7H13NO3/c8-6(7(9)10)3-5-1-2-11-4-5/h5-6H,1-4,8H2,(H,9,10)/t5-,6-/m1/s1. The number of ether oxygens (including phenoxy) is 1. The predicted molar refractivity (Wildman–Crippen MR) is 39.2 cm³/mol. The van der Waals surface area contributed by atoms with Crippen LogP contribution < -0.4 is 5.73 Å². The molecule has 0 unspecified atom stereocenters. The van der Waals surface area contributed by atoms with Crippen molar-refractivity contribution < 1.29 is 14.6 Å². The number of carbonyl (C=O) groups is 1. The van der Waals surface area contributed by atoms with Crippen molar-refractivity contribution in [2.45, 2.75) is 18.9 Å². The Bertz CT molecular complexity index is 143. The van der Waals surface area contributed by atoms with Gasteiger partial charge in [0.1, 0.15) is 6.04 Å². The highest BCUT2D eigenvalue weighted by atomic mass is 16.5. The van der Waals surface area contributed by atoms with Crippen molar-refractivity contribution in [3.05, 3.63) is 0 Å². The first-order valence-electron chi connectivity index (χ1n) is 3.76. The molecule has 0 aliphatic carbocycles. The summed E-state index contributed by atoms with van der Waals surface area (Å²) < 4.78 is 5.09. The number of hydrogen-bond donors (Lipinski definition) is 2. The third-order valence-electron chi connectivity index (χ3n) is 1.93. The van der Waals surface area contributed by atoms with Gasteiger partial charge in [0.05, 0.1) is 0 Å². The molecule has 2 atom stereocenters. The summed E-state index contributed by atoms with van der Waals surface area (Å²) in [6.07, 6.45) is 1.48. The predicted octanol–water partition coefficient (Wildman–Crippen LogP) is -0.175. The lowest BCUT2D eigenvalue weighted by Crippen LogP contribution is -2.32. The fourth-order valence-corrected chi connectivity index (χ4v) is 1.23. The Hall–Kier alpha value is -0.610. The molecule has 1 rings (SSSR count). The smallest absolute Gasteiger partial charge is 0.320 e. The highest BCUT2D eigenvalue weighted by Gasteiger charge is 2.21. The Morgan fingerprint density at radius 3 is 3.00 bits per heavy atom. The van der Waals surface area contributed by atoms with E-state index in [1.54, 1.807) is 0 Å². The molecular formula is C7H13NO3. The van der Waals surface area contributed by atoms with Crippen LogP contribution in [-0.4, -0.2) is 30.3 Å².